The normalized spacial score (nSPS) is 4.50. The zero-order chi connectivity index (χ0) is 4.28. The highest BCUT2D eigenvalue weighted by Gasteiger charge is 1.70. The van der Waals surface area contributed by atoms with Gasteiger partial charge in [0.05, 0.1) is 0 Å². The van der Waals surface area contributed by atoms with Gasteiger partial charge in [-0.2, -0.15) is 9.90 Å². The quantitative estimate of drug-likeness (QED) is 0.315. The van der Waals surface area contributed by atoms with Crippen molar-refractivity contribution in [3.8, 4) is 12.3 Å². The lowest BCUT2D eigenvalue weighted by atomic mass is 10.7. The Morgan fingerprint density at radius 1 is 1.83 bits per heavy atom. The Kier molecular flexibility index (Phi) is 6.74. The molecule has 0 aromatic heterocycles. The van der Waals surface area contributed by atoms with E-state index in [9.17, 15) is 4.79 Å². The Bertz CT molecular complexity index is 83.3. The summed E-state index contributed by atoms with van der Waals surface area (Å²) in [5.74, 6) is 0.949. The van der Waals surface area contributed by atoms with E-state index in [0.717, 1.165) is 0 Å². The highest BCUT2D eigenvalue weighted by Crippen LogP contribution is 1.37. The fraction of sp³-hybridized carbons (Fsp3) is 0. The first-order chi connectivity index (χ1) is 2.27. The summed E-state index contributed by atoms with van der Waals surface area (Å²) >= 11 is 0. The summed E-state index contributed by atoms with van der Waals surface area (Å²) < 4.78 is 0. The van der Waals surface area contributed by atoms with Gasteiger partial charge in [-0.15, -0.1) is 6.42 Å². The van der Waals surface area contributed by atoms with E-state index in [0.29, 0.717) is 0 Å². The molecule has 0 bridgehead atoms. The first-order valence-electron chi connectivity index (χ1n) is 1.03. The number of carbonyl (C=O) groups is 1. The number of primary amides is 1. The number of hydrogen-bond acceptors (Lipinski definition) is 1. The van der Waals surface area contributed by atoms with Crippen molar-refractivity contribution in [1.82, 2.24) is 0 Å². The van der Waals surface area contributed by atoms with Crippen molar-refractivity contribution in [2.75, 3.05) is 0 Å². The minimum absolute atomic E-state index is 0. The third kappa shape index (κ3) is 9.82. The molecule has 2 N–H and O–H groups in total. The number of amides is 1. The largest absolute Gasteiger partial charge is 0.359 e. The van der Waals surface area contributed by atoms with Crippen LogP contribution in [0.2, 0.25) is 0 Å². The third-order valence-corrected chi connectivity index (χ3v) is 0.142. The van der Waals surface area contributed by atoms with Crippen molar-refractivity contribution in [2.24, 2.45) is 5.73 Å². The first kappa shape index (κ1) is 9.07. The van der Waals surface area contributed by atoms with Gasteiger partial charge in [0.15, 0.2) is 0 Å². The van der Waals surface area contributed by atoms with Gasteiger partial charge >= 0.3 is 0 Å². The van der Waals surface area contributed by atoms with Crippen molar-refractivity contribution in [1.29, 1.82) is 0 Å². The van der Waals surface area contributed by atoms with Crippen LogP contribution in [0.4, 0.5) is 0 Å². The van der Waals surface area contributed by atoms with Gasteiger partial charge in [0.2, 0.25) is 0 Å². The molecule has 2 nitrogen and oxygen atoms in total. The lowest BCUT2D eigenvalue weighted by Crippen LogP contribution is -2.05. The maximum atomic E-state index is 9.35. The molecule has 1 atom stereocenters. The molecule has 0 rings (SSSR count). The molecule has 0 aromatic rings. The number of nitrogens with two attached hydrogens (primary N) is 1. The van der Waals surface area contributed by atoms with Crippen LogP contribution < -0.4 is 5.73 Å². The van der Waals surface area contributed by atoms with E-state index in [1.165, 1.54) is 0 Å². The fourth-order valence-electron chi connectivity index (χ4n) is 0. The Hall–Kier alpha value is -0.540. The van der Waals surface area contributed by atoms with Crippen LogP contribution in [0.25, 0.3) is 0 Å². The molecule has 0 heterocycles. The van der Waals surface area contributed by atoms with E-state index in [1.807, 2.05) is 0 Å². The summed E-state index contributed by atoms with van der Waals surface area (Å²) in [6.45, 7) is 0. The maximum absolute atomic E-state index is 9.35. The molecule has 3 heteroatoms. The van der Waals surface area contributed by atoms with E-state index in [2.05, 4.69) is 12.2 Å². The summed E-state index contributed by atoms with van der Waals surface area (Å²) in [5, 5.41) is 0. The van der Waals surface area contributed by atoms with E-state index in [-0.39, 0.29) is 9.90 Å². The molecule has 1 unspecified atom stereocenters. The molecule has 0 saturated carbocycles. The van der Waals surface area contributed by atoms with Crippen LogP contribution in [0.15, 0.2) is 0 Å². The molecule has 6 heavy (non-hydrogen) atoms. The van der Waals surface area contributed by atoms with Crippen molar-refractivity contribution < 1.29 is 4.79 Å². The Morgan fingerprint density at radius 2 is 2.00 bits per heavy atom. The average Bonchev–Trinajstić information content (AvgIpc) is 1.38. The van der Waals surface area contributed by atoms with Gasteiger partial charge in [0.1, 0.15) is 0 Å². The second kappa shape index (κ2) is 4.46. The topological polar surface area (TPSA) is 43.1 Å². The van der Waals surface area contributed by atoms with Crippen molar-refractivity contribution in [3.63, 3.8) is 0 Å². The van der Waals surface area contributed by atoms with E-state index in [4.69, 9.17) is 0 Å². The lowest BCUT2D eigenvalue weighted by molar-refractivity contribution is -0.112. The summed E-state index contributed by atoms with van der Waals surface area (Å²) in [7, 11) is 0. The second-order valence-electron chi connectivity index (χ2n) is 0.509. The molecule has 0 aliphatic heterocycles. The summed E-state index contributed by atoms with van der Waals surface area (Å²) in [6, 6.07) is 0. The van der Waals surface area contributed by atoms with Gasteiger partial charge in [-0.1, -0.05) is 0 Å². The molecule has 0 aliphatic rings. The number of rotatable bonds is 0. The molecule has 0 fully saturated rings. The predicted octanol–water partition coefficient (Wildman–Crippen LogP) is -0.837. The molecular weight excluding hydrogens is 97.0 g/mol. The Morgan fingerprint density at radius 3 is 2.00 bits per heavy atom. The molecule has 0 saturated heterocycles. The minimum atomic E-state index is -0.718. The van der Waals surface area contributed by atoms with E-state index < -0.39 is 5.91 Å². The van der Waals surface area contributed by atoms with Gasteiger partial charge in [-0.3, -0.25) is 4.79 Å². The molecule has 0 spiro atoms. The monoisotopic (exact) mass is 103 g/mol. The number of hydrogen-bond donors (Lipinski definition) is 1. The van der Waals surface area contributed by atoms with E-state index in [1.54, 1.807) is 5.92 Å². The highest BCUT2D eigenvalue weighted by molar-refractivity contribution is 6.92. The van der Waals surface area contributed by atoms with Crippen LogP contribution in [-0.2, 0) is 4.79 Å². The van der Waals surface area contributed by atoms with E-state index >= 15 is 0 Å². The van der Waals surface area contributed by atoms with Crippen molar-refractivity contribution >= 4 is 15.8 Å². The van der Waals surface area contributed by atoms with Crippen LogP contribution >= 0.6 is 9.90 Å². The molecule has 0 radical (unpaired) electrons. The third-order valence-electron chi connectivity index (χ3n) is 0.142. The zero-order valence-electron chi connectivity index (χ0n) is 3.27. The molecule has 0 aliphatic carbocycles. The lowest BCUT2D eigenvalue weighted by Gasteiger charge is -1.61. The Labute approximate surface area is 39.7 Å². The average molecular weight is 103 g/mol. The fourth-order valence-corrected chi connectivity index (χ4v) is 0. The van der Waals surface area contributed by atoms with Crippen molar-refractivity contribution in [3.05, 3.63) is 0 Å². The smallest absolute Gasteiger partial charge is 0.293 e. The van der Waals surface area contributed by atoms with Gasteiger partial charge in [0.25, 0.3) is 5.91 Å². The number of carbonyl (C=O) groups excluding carboxylic acids is 1. The summed E-state index contributed by atoms with van der Waals surface area (Å²) in [6.07, 6.45) is 4.45. The predicted molar refractivity (Wildman–Crippen MR) is 29.1 cm³/mol. The SMILES string of the molecule is C#CC(N)=O.P. The van der Waals surface area contributed by atoms with Crippen LogP contribution in [0.1, 0.15) is 0 Å². The highest BCUT2D eigenvalue weighted by atomic mass is 31.0. The van der Waals surface area contributed by atoms with Gasteiger partial charge in [-0.05, 0) is 5.92 Å². The molecule has 1 amide bonds. The van der Waals surface area contributed by atoms with Gasteiger partial charge < -0.3 is 5.73 Å². The van der Waals surface area contributed by atoms with Gasteiger partial charge in [0, 0.05) is 0 Å². The summed E-state index contributed by atoms with van der Waals surface area (Å²) in [4.78, 5) is 9.35. The van der Waals surface area contributed by atoms with Crippen LogP contribution in [-0.4, -0.2) is 5.91 Å². The second-order valence-corrected chi connectivity index (χ2v) is 0.509. The van der Waals surface area contributed by atoms with Crippen LogP contribution in [0, 0.1) is 12.3 Å². The van der Waals surface area contributed by atoms with Crippen molar-refractivity contribution in [2.45, 2.75) is 0 Å². The first-order valence-corrected chi connectivity index (χ1v) is 1.03. The summed E-state index contributed by atoms with van der Waals surface area (Å²) in [5.41, 5.74) is 4.42. The molecule has 34 valence electrons. The molecule has 0 aromatic carbocycles. The standard InChI is InChI=1S/C3H3NO.H3P/c1-2-3(4)5;/h1H,(H2,4,5);1H3. The van der Waals surface area contributed by atoms with Crippen LogP contribution in [0.3, 0.4) is 0 Å². The Balaban J connectivity index is 0. The van der Waals surface area contributed by atoms with Crippen LogP contribution in [0.5, 0.6) is 0 Å². The molecular formula is C3H6NOP. The number of terminal acetylenes is 1. The minimum Gasteiger partial charge on any atom is -0.359 e. The maximum Gasteiger partial charge on any atom is 0.293 e. The van der Waals surface area contributed by atoms with Gasteiger partial charge in [-0.25, -0.2) is 0 Å². The zero-order valence-corrected chi connectivity index (χ0v) is 4.68.